The summed E-state index contributed by atoms with van der Waals surface area (Å²) in [5.74, 6) is 0. The lowest BCUT2D eigenvalue weighted by atomic mass is 10.1. The molecule has 0 spiro atoms. The Morgan fingerprint density at radius 3 is 2.14 bits per heavy atom. The van der Waals surface area contributed by atoms with Crippen LogP contribution in [-0.2, 0) is 30.2 Å². The summed E-state index contributed by atoms with van der Waals surface area (Å²) < 4.78 is 85.9. The normalized spacial score (nSPS) is 12.0. The number of rotatable bonds is 8. The minimum atomic E-state index is -5.02. The number of aromatic nitrogens is 1. The maximum Gasteiger partial charge on any atom is 0.416 e. The minimum absolute atomic E-state index is 0.00875. The number of benzene rings is 2. The third-order valence-electron chi connectivity index (χ3n) is 5.16. The third kappa shape index (κ3) is 7.25. The topological polar surface area (TPSA) is 46.5 Å². The Balaban J connectivity index is 1.84. The van der Waals surface area contributed by atoms with Crippen LogP contribution in [0.3, 0.4) is 0 Å². The van der Waals surface area contributed by atoms with Gasteiger partial charge in [-0.25, -0.2) is 4.79 Å². The molecule has 1 aromatic heterocycles. The molecule has 0 atom stereocenters. The lowest BCUT2D eigenvalue weighted by Gasteiger charge is -2.24. The summed E-state index contributed by atoms with van der Waals surface area (Å²) in [5.41, 5.74) is -1.90. The highest BCUT2D eigenvalue weighted by Gasteiger charge is 2.37. The van der Waals surface area contributed by atoms with Gasteiger partial charge >= 0.3 is 18.4 Å². The summed E-state index contributed by atoms with van der Waals surface area (Å²) in [5, 5.41) is 2.18. The number of nitrogens with one attached hydrogen (secondary N) is 1. The van der Waals surface area contributed by atoms with Crippen molar-refractivity contribution < 1.29 is 35.9 Å². The molecule has 2 aromatic carbocycles. The number of nitrogens with zero attached hydrogens (tertiary/aromatic N) is 2. The highest BCUT2D eigenvalue weighted by atomic mass is 19.4. The van der Waals surface area contributed by atoms with Gasteiger partial charge in [-0.2, -0.15) is 26.3 Å². The fourth-order valence-electron chi connectivity index (χ4n) is 3.41. The van der Waals surface area contributed by atoms with E-state index in [-0.39, 0.29) is 25.8 Å². The Morgan fingerprint density at radius 1 is 0.943 bits per heavy atom. The second kappa shape index (κ2) is 10.9. The van der Waals surface area contributed by atoms with E-state index in [0.717, 1.165) is 11.3 Å². The van der Waals surface area contributed by atoms with Crippen LogP contribution in [0.5, 0.6) is 0 Å². The summed E-state index contributed by atoms with van der Waals surface area (Å²) in [6.07, 6.45) is -8.22. The number of amides is 2. The lowest BCUT2D eigenvalue weighted by Crippen LogP contribution is -2.37. The van der Waals surface area contributed by atoms with Gasteiger partial charge in [0.05, 0.1) is 24.3 Å². The number of methoxy groups -OCH3 is 1. The van der Waals surface area contributed by atoms with Crippen molar-refractivity contribution in [2.75, 3.05) is 25.6 Å². The fourth-order valence-corrected chi connectivity index (χ4v) is 3.41. The van der Waals surface area contributed by atoms with Crippen LogP contribution in [0, 0.1) is 0 Å². The number of ether oxygens (including phenoxy) is 1. The zero-order chi connectivity index (χ0) is 25.6. The number of carbonyl (C=O) groups is 1. The molecule has 1 heterocycles. The molecule has 2 amide bonds. The van der Waals surface area contributed by atoms with Gasteiger partial charge in [0.1, 0.15) is 0 Å². The van der Waals surface area contributed by atoms with E-state index in [0.29, 0.717) is 18.7 Å². The maximum absolute atomic E-state index is 13.2. The largest absolute Gasteiger partial charge is 0.416 e. The molecule has 0 bridgehead atoms. The van der Waals surface area contributed by atoms with Crippen molar-refractivity contribution in [3.05, 3.63) is 89.2 Å². The number of hydrogen-bond donors (Lipinski definition) is 1. The molecule has 35 heavy (non-hydrogen) atoms. The molecule has 0 saturated heterocycles. The van der Waals surface area contributed by atoms with Crippen LogP contribution >= 0.6 is 0 Å². The molecule has 3 rings (SSSR count). The van der Waals surface area contributed by atoms with Crippen LogP contribution in [0.25, 0.3) is 0 Å². The molecule has 5 nitrogen and oxygen atoms in total. The van der Waals surface area contributed by atoms with Crippen molar-refractivity contribution in [3.8, 4) is 0 Å². The van der Waals surface area contributed by atoms with E-state index in [1.165, 1.54) is 12.0 Å². The highest BCUT2D eigenvalue weighted by Crippen LogP contribution is 2.37. The maximum atomic E-state index is 13.2. The summed E-state index contributed by atoms with van der Waals surface area (Å²) in [4.78, 5) is 14.2. The zero-order valence-electron chi connectivity index (χ0n) is 18.7. The molecule has 0 aliphatic heterocycles. The molecule has 0 aliphatic carbocycles. The first-order valence-corrected chi connectivity index (χ1v) is 10.5. The van der Waals surface area contributed by atoms with Gasteiger partial charge in [0.25, 0.3) is 0 Å². The van der Waals surface area contributed by atoms with Crippen molar-refractivity contribution in [2.45, 2.75) is 25.4 Å². The van der Waals surface area contributed by atoms with E-state index in [1.54, 1.807) is 12.1 Å². The number of urea groups is 1. The van der Waals surface area contributed by atoms with Crippen molar-refractivity contribution in [3.63, 3.8) is 0 Å². The van der Waals surface area contributed by atoms with Gasteiger partial charge in [-0.1, -0.05) is 30.3 Å². The van der Waals surface area contributed by atoms with E-state index in [2.05, 4.69) is 5.32 Å². The minimum Gasteiger partial charge on any atom is -0.383 e. The number of alkyl halides is 6. The summed E-state index contributed by atoms with van der Waals surface area (Å²) in [7, 11) is 1.41. The van der Waals surface area contributed by atoms with E-state index < -0.39 is 35.2 Å². The monoisotopic (exact) mass is 499 g/mol. The number of halogens is 6. The predicted octanol–water partition coefficient (Wildman–Crippen LogP) is 6.25. The lowest BCUT2D eigenvalue weighted by molar-refractivity contribution is -0.143. The molecular weight excluding hydrogens is 476 g/mol. The molecule has 3 aromatic rings. The zero-order valence-corrected chi connectivity index (χ0v) is 18.7. The van der Waals surface area contributed by atoms with Gasteiger partial charge in [0.15, 0.2) is 0 Å². The Morgan fingerprint density at radius 2 is 1.57 bits per heavy atom. The second-order valence-corrected chi connectivity index (χ2v) is 7.75. The Labute approximate surface area is 197 Å². The van der Waals surface area contributed by atoms with E-state index in [1.807, 2.05) is 41.1 Å². The van der Waals surface area contributed by atoms with E-state index >= 15 is 0 Å². The molecule has 0 fully saturated rings. The molecule has 11 heteroatoms. The van der Waals surface area contributed by atoms with Gasteiger partial charge < -0.3 is 19.5 Å². The Kier molecular flexibility index (Phi) is 8.11. The van der Waals surface area contributed by atoms with E-state index in [9.17, 15) is 31.1 Å². The van der Waals surface area contributed by atoms with E-state index in [4.69, 9.17) is 4.74 Å². The molecule has 0 saturated carbocycles. The highest BCUT2D eigenvalue weighted by molar-refractivity contribution is 5.89. The second-order valence-electron chi connectivity index (χ2n) is 7.75. The average molecular weight is 499 g/mol. The van der Waals surface area contributed by atoms with Crippen LogP contribution in [0.1, 0.15) is 22.4 Å². The smallest absolute Gasteiger partial charge is 0.383 e. The van der Waals surface area contributed by atoms with Gasteiger partial charge in [-0.05, 0) is 35.9 Å². The van der Waals surface area contributed by atoms with Gasteiger partial charge in [-0.3, -0.25) is 0 Å². The first-order chi connectivity index (χ1) is 16.5. The van der Waals surface area contributed by atoms with Crippen molar-refractivity contribution in [2.24, 2.45) is 0 Å². The van der Waals surface area contributed by atoms with Crippen LogP contribution in [0.15, 0.2) is 66.9 Å². The SMILES string of the molecule is COCCN(Cc1cccn1Cc1ccccc1)C(=O)Nc1cc(C(F)(F)F)cc(C(F)(F)F)c1. The van der Waals surface area contributed by atoms with Crippen LogP contribution in [-0.4, -0.2) is 35.8 Å². The summed E-state index contributed by atoms with van der Waals surface area (Å²) >= 11 is 0. The quantitative estimate of drug-likeness (QED) is 0.372. The Bertz CT molecular complexity index is 1090. The first-order valence-electron chi connectivity index (χ1n) is 10.5. The third-order valence-corrected chi connectivity index (χ3v) is 5.16. The summed E-state index contributed by atoms with van der Waals surface area (Å²) in [6, 6.07) is 13.2. The number of anilines is 1. The Hall–Kier alpha value is -3.47. The van der Waals surface area contributed by atoms with Crippen LogP contribution in [0.4, 0.5) is 36.8 Å². The molecule has 0 aliphatic rings. The standard InChI is InChI=1S/C24H23F6N3O2/c1-35-11-10-33(16-21-8-5-9-32(21)15-17-6-3-2-4-7-17)22(34)31-20-13-18(23(25,26)27)12-19(14-20)24(28,29)30/h2-9,12-14H,10-11,15-16H2,1H3,(H,31,34). The first kappa shape index (κ1) is 26.1. The van der Waals surface area contributed by atoms with Crippen LogP contribution < -0.4 is 5.32 Å². The van der Waals surface area contributed by atoms with Crippen LogP contribution in [0.2, 0.25) is 0 Å². The molecule has 0 radical (unpaired) electrons. The van der Waals surface area contributed by atoms with Crippen molar-refractivity contribution in [1.29, 1.82) is 0 Å². The molecular formula is C24H23F6N3O2. The predicted molar refractivity (Wildman–Crippen MR) is 118 cm³/mol. The van der Waals surface area contributed by atoms with Gasteiger partial charge in [0, 0.05) is 37.8 Å². The number of hydrogen-bond acceptors (Lipinski definition) is 2. The molecule has 188 valence electrons. The van der Waals surface area contributed by atoms with Gasteiger partial charge in [0.2, 0.25) is 0 Å². The molecule has 1 N–H and O–H groups in total. The van der Waals surface area contributed by atoms with Gasteiger partial charge in [-0.15, -0.1) is 0 Å². The fraction of sp³-hybridized carbons (Fsp3) is 0.292. The summed E-state index contributed by atoms with van der Waals surface area (Å²) in [6.45, 7) is 0.749. The van der Waals surface area contributed by atoms with Crippen molar-refractivity contribution >= 4 is 11.7 Å². The molecule has 0 unspecified atom stereocenters. The number of carbonyl (C=O) groups excluding carboxylic acids is 1. The average Bonchev–Trinajstić information content (AvgIpc) is 3.22. The van der Waals surface area contributed by atoms with Crippen molar-refractivity contribution in [1.82, 2.24) is 9.47 Å².